The van der Waals surface area contributed by atoms with E-state index in [1.54, 1.807) is 6.08 Å². The normalized spacial score (nSPS) is 32.6. The zero-order valence-electron chi connectivity index (χ0n) is 23.2. The fourth-order valence-corrected chi connectivity index (χ4v) is 6.72. The molecule has 2 aromatic rings. The quantitative estimate of drug-likeness (QED) is 0.0852. The molecule has 0 radical (unpaired) electrons. The van der Waals surface area contributed by atoms with Gasteiger partial charge in [0.2, 0.25) is 5.91 Å². The van der Waals surface area contributed by atoms with Gasteiger partial charge in [-0.3, -0.25) is 23.2 Å². The third-order valence-electron chi connectivity index (χ3n) is 6.85. The summed E-state index contributed by atoms with van der Waals surface area (Å²) in [5, 5.41) is 41.5. The summed E-state index contributed by atoms with van der Waals surface area (Å²) in [5.74, 6) is -0.721. The largest absolute Gasteiger partial charge is 1.00 e. The van der Waals surface area contributed by atoms with Crippen LogP contribution in [0.25, 0.3) is 11.2 Å². The molecule has 0 bridgehead atoms. The number of phosphoric acid groups is 2. The van der Waals surface area contributed by atoms with Crippen molar-refractivity contribution in [3.63, 3.8) is 0 Å². The number of aromatic nitrogens is 4. The molecule has 10 unspecified atom stereocenters. The molecule has 24 heteroatoms. The van der Waals surface area contributed by atoms with Crippen molar-refractivity contribution in [1.29, 1.82) is 0 Å². The van der Waals surface area contributed by atoms with Gasteiger partial charge in [-0.25, -0.2) is 18.8 Å². The minimum absolute atomic E-state index is 0. The van der Waals surface area contributed by atoms with Crippen LogP contribution in [-0.2, 0) is 36.8 Å². The first kappa shape index (κ1) is 36.0. The molecule has 0 aromatic carbocycles. The fraction of sp³-hybridized carbons (Fsp3) is 0.524. The topological polar surface area (TPSA) is 314 Å². The molecule has 0 saturated carbocycles. The first-order valence-electron chi connectivity index (χ1n) is 12.7. The number of rotatable bonds is 11. The Kier molecular flexibility index (Phi) is 11.3. The summed E-state index contributed by atoms with van der Waals surface area (Å²) < 4.78 is 50.1. The Balaban J connectivity index is 0.00000461. The average molecular weight is 688 g/mol. The number of nitrogens with zero attached hydrogens (tertiary/aromatic N) is 4. The number of H-pyrrole nitrogens is 1. The Morgan fingerprint density at radius 3 is 2.36 bits per heavy atom. The molecule has 21 nitrogen and oxygen atoms in total. The first-order chi connectivity index (χ1) is 20.7. The maximum Gasteiger partial charge on any atom is 1.00 e. The van der Waals surface area contributed by atoms with E-state index in [0.717, 1.165) is 17.2 Å². The summed E-state index contributed by atoms with van der Waals surface area (Å²) in [5.41, 5.74) is 4.77. The molecule has 5 rings (SSSR count). The van der Waals surface area contributed by atoms with Crippen LogP contribution < -0.4 is 45.7 Å². The monoisotopic (exact) mass is 688 g/mol. The predicted molar refractivity (Wildman–Crippen MR) is 138 cm³/mol. The van der Waals surface area contributed by atoms with Crippen molar-refractivity contribution in [2.24, 2.45) is 5.73 Å². The minimum Gasteiger partial charge on any atom is -0.756 e. The summed E-state index contributed by atoms with van der Waals surface area (Å²) in [6.45, 7) is -1.92. The van der Waals surface area contributed by atoms with Crippen molar-refractivity contribution >= 4 is 32.7 Å². The van der Waals surface area contributed by atoms with Gasteiger partial charge in [0.25, 0.3) is 13.4 Å². The SMILES string of the molecule is NC(=O)C1=CN(C2OC(COP(=O)(O)OP(=O)([O-])OCC3OC(n4cnc5c(=O)[nH]cnc54)C(O)C3O)C(O)C2O)C=CC1.[Na+]. The molecule has 242 valence electrons. The minimum atomic E-state index is -5.64. The number of aliphatic hydroxyl groups is 4. The molecular formula is C21H27N6NaO15P2. The molecular weight excluding hydrogens is 661 g/mol. The van der Waals surface area contributed by atoms with Gasteiger partial charge in [-0.05, 0) is 6.42 Å². The number of nitrogens with one attached hydrogen (secondary N) is 1. The number of amides is 1. The number of ether oxygens (including phenoxy) is 2. The van der Waals surface area contributed by atoms with E-state index >= 15 is 0 Å². The van der Waals surface area contributed by atoms with Gasteiger partial charge in [0.15, 0.2) is 23.6 Å². The van der Waals surface area contributed by atoms with E-state index in [0.29, 0.717) is 0 Å². The number of imidazole rings is 1. The summed E-state index contributed by atoms with van der Waals surface area (Å²) in [7, 11) is -11.1. The number of carbonyl (C=O) groups excluding carboxylic acids is 1. The van der Waals surface area contributed by atoms with Crippen molar-refractivity contribution in [2.45, 2.75) is 55.5 Å². The standard InChI is InChI=1S/C21H28N6O15P2.Na/c22-17(32)9-2-1-3-26(4-9)20-15(30)13(28)10(40-20)5-38-43(34,35)42-44(36,37)39-6-11-14(29)16(31)21(41-11)27-8-25-12-18(27)23-7-24-19(12)33;/h1,3-4,7-8,10-11,13-16,20-21,28-31H,2,5-6H2,(H2,22,32)(H,34,35)(H,36,37)(H,23,24,33);/q;+1/p-1. The molecule has 45 heavy (non-hydrogen) atoms. The second-order valence-electron chi connectivity index (χ2n) is 9.79. The maximum absolute atomic E-state index is 12.4. The third kappa shape index (κ3) is 7.82. The number of nitrogens with two attached hydrogens (primary N) is 1. The summed E-state index contributed by atoms with van der Waals surface area (Å²) in [6.07, 6.45) is -5.52. The Bertz CT molecular complexity index is 1620. The first-order valence-corrected chi connectivity index (χ1v) is 15.7. The molecule has 3 aliphatic heterocycles. The second kappa shape index (κ2) is 14.1. The number of aliphatic hydroxyl groups excluding tert-OH is 4. The summed E-state index contributed by atoms with van der Waals surface area (Å²) in [6, 6.07) is 0. The van der Waals surface area contributed by atoms with Crippen molar-refractivity contribution in [2.75, 3.05) is 13.2 Å². The van der Waals surface area contributed by atoms with Crippen LogP contribution in [0.1, 0.15) is 12.6 Å². The number of hydrogen-bond donors (Lipinski definition) is 7. The van der Waals surface area contributed by atoms with Crippen molar-refractivity contribution in [1.82, 2.24) is 24.4 Å². The van der Waals surface area contributed by atoms with Crippen LogP contribution in [0.5, 0.6) is 0 Å². The molecule has 1 amide bonds. The van der Waals surface area contributed by atoms with Crippen LogP contribution in [0, 0.1) is 0 Å². The van der Waals surface area contributed by atoms with E-state index in [9.17, 15) is 48.9 Å². The van der Waals surface area contributed by atoms with Gasteiger partial charge >= 0.3 is 37.4 Å². The number of phosphoric ester groups is 2. The third-order valence-corrected chi connectivity index (χ3v) is 9.41. The van der Waals surface area contributed by atoms with Gasteiger partial charge in [-0.15, -0.1) is 0 Å². The van der Waals surface area contributed by atoms with Gasteiger partial charge in [-0.1, -0.05) is 6.08 Å². The van der Waals surface area contributed by atoms with E-state index in [-0.39, 0.29) is 52.7 Å². The number of primary amides is 1. The Morgan fingerprint density at radius 1 is 1.07 bits per heavy atom. The number of allylic oxidation sites excluding steroid dienone is 1. The number of aromatic amines is 1. The molecule has 0 spiro atoms. The van der Waals surface area contributed by atoms with Crippen LogP contribution in [0.15, 0.2) is 41.5 Å². The van der Waals surface area contributed by atoms with E-state index in [4.69, 9.17) is 15.2 Å². The predicted octanol–water partition coefficient (Wildman–Crippen LogP) is -6.60. The molecule has 3 aliphatic rings. The van der Waals surface area contributed by atoms with Crippen molar-refractivity contribution in [3.05, 3.63) is 47.1 Å². The van der Waals surface area contributed by atoms with Crippen LogP contribution in [0.3, 0.4) is 0 Å². The Hall–Kier alpha value is -1.88. The van der Waals surface area contributed by atoms with Crippen LogP contribution in [0.4, 0.5) is 0 Å². The van der Waals surface area contributed by atoms with E-state index < -0.39 is 89.4 Å². The van der Waals surface area contributed by atoms with Gasteiger partial charge in [0.1, 0.15) is 36.6 Å². The van der Waals surface area contributed by atoms with Crippen LogP contribution >= 0.6 is 15.6 Å². The van der Waals surface area contributed by atoms with Gasteiger partial charge in [0.05, 0.1) is 25.9 Å². The van der Waals surface area contributed by atoms with Crippen LogP contribution in [-0.4, -0.2) is 112 Å². The zero-order valence-corrected chi connectivity index (χ0v) is 27.0. The van der Waals surface area contributed by atoms with E-state index in [2.05, 4.69) is 28.3 Å². The van der Waals surface area contributed by atoms with Gasteiger partial charge in [0, 0.05) is 18.0 Å². The van der Waals surface area contributed by atoms with Crippen molar-refractivity contribution < 1.29 is 96.5 Å². The molecule has 2 saturated heterocycles. The fourth-order valence-electron chi connectivity index (χ4n) is 4.66. The van der Waals surface area contributed by atoms with E-state index in [1.165, 1.54) is 17.3 Å². The molecule has 2 aromatic heterocycles. The molecule has 0 aliphatic carbocycles. The number of carbonyl (C=O) groups is 1. The summed E-state index contributed by atoms with van der Waals surface area (Å²) in [4.78, 5) is 57.0. The molecule has 10 atom stereocenters. The van der Waals surface area contributed by atoms with Gasteiger partial charge < -0.3 is 59.8 Å². The smallest absolute Gasteiger partial charge is 0.756 e. The van der Waals surface area contributed by atoms with E-state index in [1.807, 2.05) is 0 Å². The molecule has 8 N–H and O–H groups in total. The molecule has 5 heterocycles. The number of fused-ring (bicyclic) bond motifs is 1. The van der Waals surface area contributed by atoms with Gasteiger partial charge in [-0.2, -0.15) is 0 Å². The van der Waals surface area contributed by atoms with Crippen molar-refractivity contribution in [3.8, 4) is 0 Å². The summed E-state index contributed by atoms with van der Waals surface area (Å²) >= 11 is 0. The Morgan fingerprint density at radius 2 is 1.69 bits per heavy atom. The average Bonchev–Trinajstić information content (AvgIpc) is 3.61. The maximum atomic E-state index is 12.4. The second-order valence-corrected chi connectivity index (χ2v) is 12.8. The Labute approximate surface area is 274 Å². The zero-order chi connectivity index (χ0) is 32.0. The van der Waals surface area contributed by atoms with Crippen LogP contribution in [0.2, 0.25) is 0 Å². The molecule has 2 fully saturated rings. The number of hydrogen-bond acceptors (Lipinski definition) is 17.